The summed E-state index contributed by atoms with van der Waals surface area (Å²) in [6.45, 7) is 7.21. The van der Waals surface area contributed by atoms with E-state index in [9.17, 15) is 4.79 Å². The van der Waals surface area contributed by atoms with Crippen LogP contribution in [0.4, 0.5) is 11.5 Å². The molecule has 4 rings (SSSR count). The molecule has 3 aromatic rings. The molecule has 0 bridgehead atoms. The summed E-state index contributed by atoms with van der Waals surface area (Å²) in [6.07, 6.45) is 1.71. The molecule has 1 amide bonds. The molecule has 27 heavy (non-hydrogen) atoms. The normalized spacial score (nSPS) is 14.4. The maximum atomic E-state index is 12.8. The Hall–Kier alpha value is -2.64. The minimum Gasteiger partial charge on any atom is -0.378 e. The highest BCUT2D eigenvalue weighted by atomic mass is 32.1. The fourth-order valence-electron chi connectivity index (χ4n) is 3.27. The quantitative estimate of drug-likeness (QED) is 0.748. The Labute approximate surface area is 162 Å². The van der Waals surface area contributed by atoms with Gasteiger partial charge in [-0.1, -0.05) is 0 Å². The summed E-state index contributed by atoms with van der Waals surface area (Å²) in [5.74, 6) is 0.783. The van der Waals surface area contributed by atoms with E-state index < -0.39 is 0 Å². The molecule has 0 aliphatic carbocycles. The van der Waals surface area contributed by atoms with Gasteiger partial charge >= 0.3 is 0 Å². The molecule has 0 unspecified atom stereocenters. The number of hydrogen-bond acceptors (Lipinski definition) is 5. The standard InChI is InChI=1S/C20H22N4O2S/c1-14-3-4-15(2)24(14)20-17(7-12-27-20)19(25)22-16-5-6-18(21-13-16)23-8-10-26-11-9-23/h3-7,12-13H,8-11H2,1-2H3,(H,22,25). The van der Waals surface area contributed by atoms with E-state index in [0.29, 0.717) is 11.3 Å². The fraction of sp³-hybridized carbons (Fsp3) is 0.300. The van der Waals surface area contributed by atoms with Gasteiger partial charge in [-0.05, 0) is 49.6 Å². The first-order valence-corrected chi connectivity index (χ1v) is 9.84. The number of aryl methyl sites for hydroxylation is 2. The van der Waals surface area contributed by atoms with E-state index in [1.54, 1.807) is 17.5 Å². The second kappa shape index (κ2) is 7.54. The second-order valence-corrected chi connectivity index (χ2v) is 7.44. The van der Waals surface area contributed by atoms with Crippen molar-refractivity contribution >= 4 is 28.7 Å². The first-order valence-electron chi connectivity index (χ1n) is 8.96. The van der Waals surface area contributed by atoms with Crippen molar-refractivity contribution in [2.24, 2.45) is 0 Å². The SMILES string of the molecule is Cc1ccc(C)n1-c1sccc1C(=O)Nc1ccc(N2CCOCC2)nc1. The van der Waals surface area contributed by atoms with Crippen LogP contribution >= 0.6 is 11.3 Å². The third kappa shape index (κ3) is 3.61. The molecule has 0 saturated carbocycles. The summed E-state index contributed by atoms with van der Waals surface area (Å²) in [5.41, 5.74) is 3.58. The van der Waals surface area contributed by atoms with Gasteiger partial charge < -0.3 is 19.5 Å². The van der Waals surface area contributed by atoms with Gasteiger partial charge in [0, 0.05) is 24.5 Å². The van der Waals surface area contributed by atoms with Crippen LogP contribution in [0, 0.1) is 13.8 Å². The van der Waals surface area contributed by atoms with Gasteiger partial charge in [0.05, 0.1) is 30.7 Å². The van der Waals surface area contributed by atoms with Crippen molar-refractivity contribution in [1.82, 2.24) is 9.55 Å². The number of carbonyl (C=O) groups is 1. The number of morpholine rings is 1. The predicted octanol–water partition coefficient (Wildman–Crippen LogP) is 3.64. The van der Waals surface area contributed by atoms with Gasteiger partial charge in [0.15, 0.2) is 0 Å². The molecule has 1 saturated heterocycles. The number of nitrogens with one attached hydrogen (secondary N) is 1. The minimum absolute atomic E-state index is 0.125. The topological polar surface area (TPSA) is 59.4 Å². The van der Waals surface area contributed by atoms with Crippen LogP contribution in [0.15, 0.2) is 41.9 Å². The van der Waals surface area contributed by atoms with Crippen LogP contribution in [0.3, 0.4) is 0 Å². The molecule has 1 aliphatic rings. The number of aromatic nitrogens is 2. The van der Waals surface area contributed by atoms with Crippen LogP contribution in [-0.4, -0.2) is 41.8 Å². The highest BCUT2D eigenvalue weighted by Crippen LogP contribution is 2.27. The number of pyridine rings is 1. The highest BCUT2D eigenvalue weighted by molar-refractivity contribution is 7.13. The Morgan fingerprint density at radius 1 is 1.11 bits per heavy atom. The summed E-state index contributed by atoms with van der Waals surface area (Å²) in [4.78, 5) is 19.5. The molecule has 0 atom stereocenters. The van der Waals surface area contributed by atoms with Crippen molar-refractivity contribution in [2.45, 2.75) is 13.8 Å². The van der Waals surface area contributed by atoms with E-state index in [2.05, 4.69) is 31.9 Å². The number of amides is 1. The maximum Gasteiger partial charge on any atom is 0.258 e. The lowest BCUT2D eigenvalue weighted by atomic mass is 10.2. The Morgan fingerprint density at radius 3 is 2.52 bits per heavy atom. The molecule has 4 heterocycles. The third-order valence-electron chi connectivity index (χ3n) is 4.70. The predicted molar refractivity (Wildman–Crippen MR) is 108 cm³/mol. The van der Waals surface area contributed by atoms with Crippen molar-refractivity contribution in [1.29, 1.82) is 0 Å². The molecule has 7 heteroatoms. The second-order valence-electron chi connectivity index (χ2n) is 6.55. The van der Waals surface area contributed by atoms with Gasteiger partial charge in [-0.15, -0.1) is 11.3 Å². The molecule has 0 spiro atoms. The average Bonchev–Trinajstić information content (AvgIpc) is 3.29. The molecular formula is C20H22N4O2S. The summed E-state index contributed by atoms with van der Waals surface area (Å²) in [6, 6.07) is 9.82. The number of ether oxygens (including phenoxy) is 1. The molecule has 1 aliphatic heterocycles. The lowest BCUT2D eigenvalue weighted by molar-refractivity contribution is 0.102. The number of hydrogen-bond donors (Lipinski definition) is 1. The first-order chi connectivity index (χ1) is 13.1. The van der Waals surface area contributed by atoms with Gasteiger partial charge in [-0.3, -0.25) is 4.79 Å². The van der Waals surface area contributed by atoms with Crippen molar-refractivity contribution < 1.29 is 9.53 Å². The van der Waals surface area contributed by atoms with Crippen LogP contribution in [-0.2, 0) is 4.74 Å². The summed E-state index contributed by atoms with van der Waals surface area (Å²) < 4.78 is 7.48. The van der Waals surface area contributed by atoms with Gasteiger partial charge in [-0.25, -0.2) is 4.98 Å². The first kappa shape index (κ1) is 17.8. The summed E-state index contributed by atoms with van der Waals surface area (Å²) in [5, 5.41) is 5.85. The van der Waals surface area contributed by atoms with Gasteiger partial charge in [0.2, 0.25) is 0 Å². The lowest BCUT2D eigenvalue weighted by Crippen LogP contribution is -2.36. The van der Waals surface area contributed by atoms with Gasteiger partial charge in [0.25, 0.3) is 5.91 Å². The van der Waals surface area contributed by atoms with Crippen LogP contribution in [0.1, 0.15) is 21.7 Å². The van der Waals surface area contributed by atoms with Gasteiger partial charge in [-0.2, -0.15) is 0 Å². The Kier molecular flexibility index (Phi) is 4.96. The van der Waals surface area contributed by atoms with E-state index in [4.69, 9.17) is 4.74 Å². The Bertz CT molecular complexity index is 920. The zero-order chi connectivity index (χ0) is 18.8. The molecule has 0 radical (unpaired) electrons. The number of anilines is 2. The third-order valence-corrected chi connectivity index (χ3v) is 5.60. The molecule has 0 aromatic carbocycles. The maximum absolute atomic E-state index is 12.8. The smallest absolute Gasteiger partial charge is 0.258 e. The highest BCUT2D eigenvalue weighted by Gasteiger charge is 2.17. The summed E-state index contributed by atoms with van der Waals surface area (Å²) >= 11 is 1.56. The van der Waals surface area contributed by atoms with Crippen molar-refractivity contribution in [2.75, 3.05) is 36.5 Å². The van der Waals surface area contributed by atoms with Crippen LogP contribution in [0.25, 0.3) is 5.00 Å². The van der Waals surface area contributed by atoms with Crippen molar-refractivity contribution in [3.05, 3.63) is 58.9 Å². The van der Waals surface area contributed by atoms with E-state index in [-0.39, 0.29) is 5.91 Å². The van der Waals surface area contributed by atoms with Crippen LogP contribution in [0.5, 0.6) is 0 Å². The van der Waals surface area contributed by atoms with Gasteiger partial charge in [0.1, 0.15) is 10.8 Å². The van der Waals surface area contributed by atoms with Crippen molar-refractivity contribution in [3.8, 4) is 5.00 Å². The monoisotopic (exact) mass is 382 g/mol. The molecule has 3 aromatic heterocycles. The van der Waals surface area contributed by atoms with Crippen LogP contribution < -0.4 is 10.2 Å². The minimum atomic E-state index is -0.125. The van der Waals surface area contributed by atoms with E-state index in [0.717, 1.165) is 48.5 Å². The van der Waals surface area contributed by atoms with Crippen molar-refractivity contribution in [3.63, 3.8) is 0 Å². The number of rotatable bonds is 4. The average molecular weight is 382 g/mol. The zero-order valence-electron chi connectivity index (χ0n) is 15.4. The summed E-state index contributed by atoms with van der Waals surface area (Å²) in [7, 11) is 0. The molecular weight excluding hydrogens is 360 g/mol. The van der Waals surface area contributed by atoms with E-state index in [1.807, 2.05) is 37.4 Å². The molecule has 6 nitrogen and oxygen atoms in total. The molecule has 1 fully saturated rings. The Balaban J connectivity index is 1.51. The zero-order valence-corrected chi connectivity index (χ0v) is 16.3. The van der Waals surface area contributed by atoms with E-state index >= 15 is 0 Å². The largest absolute Gasteiger partial charge is 0.378 e. The number of carbonyl (C=O) groups excluding carboxylic acids is 1. The number of thiophene rings is 1. The molecule has 1 N–H and O–H groups in total. The lowest BCUT2D eigenvalue weighted by Gasteiger charge is -2.27. The fourth-order valence-corrected chi connectivity index (χ4v) is 4.29. The van der Waals surface area contributed by atoms with E-state index in [1.165, 1.54) is 0 Å². The molecule has 140 valence electrons. The number of nitrogens with zero attached hydrogens (tertiary/aromatic N) is 3. The van der Waals surface area contributed by atoms with Crippen LogP contribution in [0.2, 0.25) is 0 Å². The Morgan fingerprint density at radius 2 is 1.85 bits per heavy atom.